The van der Waals surface area contributed by atoms with Crippen molar-refractivity contribution in [3.05, 3.63) is 52.7 Å². The first-order valence-corrected chi connectivity index (χ1v) is 9.97. The quantitative estimate of drug-likeness (QED) is 0.816. The molecule has 0 saturated carbocycles. The molecule has 2 aliphatic rings. The van der Waals surface area contributed by atoms with E-state index in [0.29, 0.717) is 5.56 Å². The number of allylic oxidation sites excluding steroid dienone is 2. The third-order valence-electron chi connectivity index (χ3n) is 3.97. The van der Waals surface area contributed by atoms with Gasteiger partial charge in [-0.15, -0.1) is 4.40 Å². The zero-order valence-electron chi connectivity index (χ0n) is 14.6. The van der Waals surface area contributed by atoms with Gasteiger partial charge in [0, 0.05) is 32.4 Å². The van der Waals surface area contributed by atoms with Crippen molar-refractivity contribution in [1.82, 2.24) is 9.80 Å². The van der Waals surface area contributed by atoms with Gasteiger partial charge in [0.05, 0.1) is 22.0 Å². The highest BCUT2D eigenvalue weighted by atomic mass is 35.5. The predicted octanol–water partition coefficient (Wildman–Crippen LogP) is 1.48. The first kappa shape index (κ1) is 19.1. The third-order valence-corrected chi connectivity index (χ3v) is 5.45. The van der Waals surface area contributed by atoms with Crippen LogP contribution >= 0.6 is 11.6 Å². The van der Waals surface area contributed by atoms with Gasteiger partial charge in [-0.3, -0.25) is 9.59 Å². The molecule has 142 valence electrons. The second-order valence-electron chi connectivity index (χ2n) is 6.16. The van der Waals surface area contributed by atoms with Crippen LogP contribution in [0.25, 0.3) is 0 Å². The number of benzene rings is 1. The topological polar surface area (TPSA) is 99.1 Å². The minimum atomic E-state index is -3.61. The Labute approximate surface area is 161 Å². The number of rotatable bonds is 3. The molecule has 2 aliphatic heterocycles. The highest BCUT2D eigenvalue weighted by Crippen LogP contribution is 2.25. The largest absolute Gasteiger partial charge is 0.345 e. The number of nitrogens with zero attached hydrogens (tertiary/aromatic N) is 3. The molecule has 0 unspecified atom stereocenters. The molecule has 0 saturated heterocycles. The smallest absolute Gasteiger partial charge is 0.259 e. The molecule has 1 aromatic carbocycles. The van der Waals surface area contributed by atoms with Crippen LogP contribution in [0.1, 0.15) is 10.4 Å². The maximum absolute atomic E-state index is 12.7. The molecule has 2 amide bonds. The SMILES string of the molecule is CN(C)C(=O)c1ccc(Cl)c(NC(=O)C2=CC=CN3CCS(=O)(=O)N=C23)c1. The molecule has 27 heavy (non-hydrogen) atoms. The zero-order chi connectivity index (χ0) is 19.8. The summed E-state index contributed by atoms with van der Waals surface area (Å²) in [6.45, 7) is 0.218. The molecule has 0 radical (unpaired) electrons. The van der Waals surface area contributed by atoms with Gasteiger partial charge in [-0.05, 0) is 30.4 Å². The van der Waals surface area contributed by atoms with Gasteiger partial charge in [0.15, 0.2) is 5.84 Å². The van der Waals surface area contributed by atoms with Gasteiger partial charge >= 0.3 is 0 Å². The second kappa shape index (κ2) is 7.16. The van der Waals surface area contributed by atoms with Gasteiger partial charge < -0.3 is 15.1 Å². The summed E-state index contributed by atoms with van der Waals surface area (Å²) < 4.78 is 27.3. The maximum atomic E-state index is 12.7. The molecule has 0 fully saturated rings. The van der Waals surface area contributed by atoms with Crippen LogP contribution in [-0.2, 0) is 14.8 Å². The van der Waals surface area contributed by atoms with E-state index in [4.69, 9.17) is 11.6 Å². The van der Waals surface area contributed by atoms with E-state index in [1.165, 1.54) is 23.1 Å². The fourth-order valence-corrected chi connectivity index (χ4v) is 3.75. The first-order valence-electron chi connectivity index (χ1n) is 7.98. The monoisotopic (exact) mass is 408 g/mol. The van der Waals surface area contributed by atoms with Crippen LogP contribution in [0.3, 0.4) is 0 Å². The lowest BCUT2D eigenvalue weighted by atomic mass is 10.1. The van der Waals surface area contributed by atoms with Crippen molar-refractivity contribution in [1.29, 1.82) is 0 Å². The Bertz CT molecular complexity index is 1010. The third kappa shape index (κ3) is 4.04. The number of hydrogen-bond donors (Lipinski definition) is 1. The Balaban J connectivity index is 1.90. The minimum absolute atomic E-state index is 0.0675. The lowest BCUT2D eigenvalue weighted by Gasteiger charge is -2.28. The Morgan fingerprint density at radius 2 is 2.04 bits per heavy atom. The number of amidine groups is 1. The van der Waals surface area contributed by atoms with Crippen molar-refractivity contribution < 1.29 is 18.0 Å². The molecule has 2 heterocycles. The fourth-order valence-electron chi connectivity index (χ4n) is 2.60. The average Bonchev–Trinajstić information content (AvgIpc) is 2.61. The summed E-state index contributed by atoms with van der Waals surface area (Å²) in [4.78, 5) is 27.8. The molecule has 8 nitrogen and oxygen atoms in total. The number of fused-ring (bicyclic) bond motifs is 1. The van der Waals surface area contributed by atoms with E-state index in [2.05, 4.69) is 9.71 Å². The maximum Gasteiger partial charge on any atom is 0.259 e. The van der Waals surface area contributed by atoms with E-state index in [1.807, 2.05) is 0 Å². The van der Waals surface area contributed by atoms with Crippen LogP contribution in [0.15, 0.2) is 46.5 Å². The van der Waals surface area contributed by atoms with E-state index < -0.39 is 15.9 Å². The van der Waals surface area contributed by atoms with Crippen LogP contribution in [0.4, 0.5) is 5.69 Å². The van der Waals surface area contributed by atoms with Gasteiger partial charge in [-0.1, -0.05) is 11.6 Å². The van der Waals surface area contributed by atoms with E-state index in [9.17, 15) is 18.0 Å². The van der Waals surface area contributed by atoms with Crippen molar-refractivity contribution in [2.75, 3.05) is 31.7 Å². The Morgan fingerprint density at radius 3 is 2.74 bits per heavy atom. The number of carbonyl (C=O) groups is 2. The number of sulfonamides is 1. The molecule has 3 rings (SSSR count). The molecular weight excluding hydrogens is 392 g/mol. The van der Waals surface area contributed by atoms with Crippen molar-refractivity contribution in [3.8, 4) is 0 Å². The van der Waals surface area contributed by atoms with Crippen molar-refractivity contribution >= 4 is 45.0 Å². The Morgan fingerprint density at radius 1 is 1.30 bits per heavy atom. The number of halogens is 1. The molecule has 1 N–H and O–H groups in total. The van der Waals surface area contributed by atoms with Crippen molar-refractivity contribution in [3.63, 3.8) is 0 Å². The normalized spacial score (nSPS) is 17.5. The number of hydrogen-bond acceptors (Lipinski definition) is 5. The van der Waals surface area contributed by atoms with Crippen molar-refractivity contribution in [2.24, 2.45) is 4.40 Å². The average molecular weight is 409 g/mol. The van der Waals surface area contributed by atoms with Gasteiger partial charge in [-0.25, -0.2) is 8.42 Å². The summed E-state index contributed by atoms with van der Waals surface area (Å²) in [5.74, 6) is -0.860. The zero-order valence-corrected chi connectivity index (χ0v) is 16.2. The molecule has 0 spiro atoms. The number of anilines is 1. The van der Waals surface area contributed by atoms with Gasteiger partial charge in [0.1, 0.15) is 0 Å². The van der Waals surface area contributed by atoms with Crippen LogP contribution < -0.4 is 5.32 Å². The summed E-state index contributed by atoms with van der Waals surface area (Å²) in [5, 5.41) is 2.88. The predicted molar refractivity (Wildman–Crippen MR) is 103 cm³/mol. The lowest BCUT2D eigenvalue weighted by Crippen LogP contribution is -2.40. The van der Waals surface area contributed by atoms with E-state index in [0.717, 1.165) is 0 Å². The van der Waals surface area contributed by atoms with Crippen LogP contribution in [0, 0.1) is 0 Å². The fraction of sp³-hybridized carbons (Fsp3) is 0.235. The molecule has 0 aromatic heterocycles. The standard InChI is InChI=1S/C17H17ClN4O4S/c1-21(2)17(24)11-5-6-13(18)14(10-11)19-16(23)12-4-3-7-22-8-9-27(25,26)20-15(12)22/h3-7,10H,8-9H2,1-2H3,(H,19,23). The van der Waals surface area contributed by atoms with Gasteiger partial charge in [-0.2, -0.15) is 0 Å². The van der Waals surface area contributed by atoms with Crippen molar-refractivity contribution in [2.45, 2.75) is 0 Å². The number of amides is 2. The summed E-state index contributed by atoms with van der Waals surface area (Å²) in [5.41, 5.74) is 0.702. The van der Waals surface area contributed by atoms with Crippen LogP contribution in [0.5, 0.6) is 0 Å². The Hall–Kier alpha value is -2.65. The first-order chi connectivity index (χ1) is 12.7. The summed E-state index contributed by atoms with van der Waals surface area (Å²) >= 11 is 6.14. The second-order valence-corrected chi connectivity index (χ2v) is 8.33. The highest BCUT2D eigenvalue weighted by Gasteiger charge is 2.30. The highest BCUT2D eigenvalue weighted by molar-refractivity contribution is 7.90. The van der Waals surface area contributed by atoms with E-state index in [-0.39, 0.29) is 40.3 Å². The minimum Gasteiger partial charge on any atom is -0.345 e. The number of carbonyl (C=O) groups excluding carboxylic acids is 2. The molecule has 10 heteroatoms. The molecular formula is C17H17ClN4O4S. The number of nitrogens with one attached hydrogen (secondary N) is 1. The summed E-state index contributed by atoms with van der Waals surface area (Å²) in [6, 6.07) is 4.54. The van der Waals surface area contributed by atoms with E-state index >= 15 is 0 Å². The summed E-state index contributed by atoms with van der Waals surface area (Å²) in [6.07, 6.45) is 4.78. The van der Waals surface area contributed by atoms with Crippen LogP contribution in [0.2, 0.25) is 5.02 Å². The summed E-state index contributed by atoms with van der Waals surface area (Å²) in [7, 11) is -0.381. The van der Waals surface area contributed by atoms with Gasteiger partial charge in [0.25, 0.3) is 21.8 Å². The Kier molecular flexibility index (Phi) is 5.07. The van der Waals surface area contributed by atoms with Gasteiger partial charge in [0.2, 0.25) is 0 Å². The van der Waals surface area contributed by atoms with E-state index in [1.54, 1.807) is 37.3 Å². The molecule has 0 bridgehead atoms. The lowest BCUT2D eigenvalue weighted by molar-refractivity contribution is -0.112. The molecule has 1 aromatic rings. The molecule has 0 aliphatic carbocycles. The van der Waals surface area contributed by atoms with Crippen LogP contribution in [-0.4, -0.2) is 62.3 Å². The molecule has 0 atom stereocenters.